The molecular weight excluding hydrogens is 294 g/mol. The Morgan fingerprint density at radius 1 is 1.43 bits per heavy atom. The molecule has 0 spiro atoms. The molecule has 0 saturated carbocycles. The Bertz CT molecular complexity index is 761. The van der Waals surface area contributed by atoms with E-state index >= 15 is 0 Å². The molecule has 2 heterocycles. The molecule has 1 aliphatic rings. The fourth-order valence-electron chi connectivity index (χ4n) is 2.81. The van der Waals surface area contributed by atoms with E-state index in [2.05, 4.69) is 11.1 Å². The van der Waals surface area contributed by atoms with Crippen molar-refractivity contribution in [3.63, 3.8) is 0 Å². The van der Waals surface area contributed by atoms with Crippen LogP contribution in [0.2, 0.25) is 0 Å². The number of hydrogen-bond donors (Lipinski definition) is 1. The van der Waals surface area contributed by atoms with Gasteiger partial charge in [-0.3, -0.25) is 4.98 Å². The Labute approximate surface area is 133 Å². The van der Waals surface area contributed by atoms with Gasteiger partial charge in [0.05, 0.1) is 17.7 Å². The lowest BCUT2D eigenvalue weighted by Crippen LogP contribution is -2.38. The Hall–Kier alpha value is -2.81. The zero-order valence-electron chi connectivity index (χ0n) is 12.6. The highest BCUT2D eigenvalue weighted by Gasteiger charge is 2.23. The monoisotopic (exact) mass is 311 g/mol. The fourth-order valence-corrected chi connectivity index (χ4v) is 2.81. The van der Waals surface area contributed by atoms with Crippen molar-refractivity contribution in [2.75, 3.05) is 19.7 Å². The molecule has 118 valence electrons. The molecule has 1 saturated heterocycles. The molecule has 23 heavy (non-hydrogen) atoms. The van der Waals surface area contributed by atoms with Crippen LogP contribution in [0.5, 0.6) is 5.75 Å². The zero-order valence-corrected chi connectivity index (χ0v) is 12.6. The lowest BCUT2D eigenvalue weighted by Gasteiger charge is -2.29. The second-order valence-corrected chi connectivity index (χ2v) is 5.68. The highest BCUT2D eigenvalue weighted by Crippen LogP contribution is 2.26. The summed E-state index contributed by atoms with van der Waals surface area (Å²) in [5, 5.41) is 19.1. The number of rotatable bonds is 3. The maximum absolute atomic E-state index is 10.9. The number of fused-ring (bicyclic) bond motifs is 1. The minimum Gasteiger partial charge on any atom is -0.492 e. The van der Waals surface area contributed by atoms with Gasteiger partial charge < -0.3 is 14.7 Å². The number of hydrogen-bond acceptors (Lipinski definition) is 4. The summed E-state index contributed by atoms with van der Waals surface area (Å²) in [6, 6.07) is 9.48. The molecule has 0 atom stereocenters. The van der Waals surface area contributed by atoms with Crippen molar-refractivity contribution in [3.8, 4) is 11.8 Å². The van der Waals surface area contributed by atoms with E-state index in [0.29, 0.717) is 36.9 Å². The molecule has 0 aliphatic carbocycles. The third-order valence-corrected chi connectivity index (χ3v) is 4.18. The van der Waals surface area contributed by atoms with E-state index in [9.17, 15) is 10.1 Å². The number of carbonyl (C=O) groups is 1. The van der Waals surface area contributed by atoms with E-state index in [4.69, 9.17) is 9.84 Å². The van der Waals surface area contributed by atoms with Gasteiger partial charge in [-0.2, -0.15) is 5.26 Å². The topological polar surface area (TPSA) is 86.5 Å². The van der Waals surface area contributed by atoms with Crippen LogP contribution in [-0.2, 0) is 0 Å². The number of aromatic nitrogens is 1. The van der Waals surface area contributed by atoms with Crippen LogP contribution in [-0.4, -0.2) is 40.8 Å². The Morgan fingerprint density at radius 2 is 2.22 bits per heavy atom. The maximum atomic E-state index is 10.9. The van der Waals surface area contributed by atoms with Crippen LogP contribution in [0.25, 0.3) is 10.9 Å². The number of benzene rings is 1. The SMILES string of the molecule is N#Cc1cc2cccnc2cc1OCC1CCN(C(=O)O)CC1. The van der Waals surface area contributed by atoms with Gasteiger partial charge in [-0.1, -0.05) is 6.07 Å². The number of ether oxygens (including phenoxy) is 1. The van der Waals surface area contributed by atoms with Gasteiger partial charge in [0.25, 0.3) is 0 Å². The quantitative estimate of drug-likeness (QED) is 0.942. The van der Waals surface area contributed by atoms with Gasteiger partial charge in [-0.15, -0.1) is 0 Å². The number of piperidine rings is 1. The first kappa shape index (κ1) is 15.1. The van der Waals surface area contributed by atoms with Crippen molar-refractivity contribution in [1.29, 1.82) is 5.26 Å². The molecule has 3 rings (SSSR count). The lowest BCUT2D eigenvalue weighted by molar-refractivity contribution is 0.111. The summed E-state index contributed by atoms with van der Waals surface area (Å²) < 4.78 is 5.84. The van der Waals surface area contributed by atoms with Crippen molar-refractivity contribution in [2.24, 2.45) is 5.92 Å². The van der Waals surface area contributed by atoms with E-state index in [1.54, 1.807) is 18.3 Å². The van der Waals surface area contributed by atoms with Crippen LogP contribution in [0.4, 0.5) is 4.79 Å². The standard InChI is InChI=1S/C17H17N3O3/c18-10-14-8-13-2-1-5-19-15(13)9-16(14)23-11-12-3-6-20(7-4-12)17(21)22/h1-2,5,8-9,12H,3-4,6-7,11H2,(H,21,22). The number of pyridine rings is 1. The van der Waals surface area contributed by atoms with Crippen molar-refractivity contribution >= 4 is 17.0 Å². The molecule has 1 aromatic carbocycles. The van der Waals surface area contributed by atoms with Gasteiger partial charge in [0.15, 0.2) is 0 Å². The van der Waals surface area contributed by atoms with Crippen LogP contribution >= 0.6 is 0 Å². The lowest BCUT2D eigenvalue weighted by atomic mass is 9.98. The van der Waals surface area contributed by atoms with E-state index in [1.165, 1.54) is 4.90 Å². The summed E-state index contributed by atoms with van der Waals surface area (Å²) in [6.07, 6.45) is 2.40. The third kappa shape index (κ3) is 3.34. The number of amides is 1. The van der Waals surface area contributed by atoms with Crippen molar-refractivity contribution in [3.05, 3.63) is 36.0 Å². The number of carboxylic acid groups (broad SMARTS) is 1. The van der Waals surface area contributed by atoms with Crippen LogP contribution in [0.15, 0.2) is 30.5 Å². The normalized spacial score (nSPS) is 15.3. The van der Waals surface area contributed by atoms with E-state index in [1.807, 2.05) is 12.1 Å². The van der Waals surface area contributed by atoms with Gasteiger partial charge in [-0.05, 0) is 30.9 Å². The maximum Gasteiger partial charge on any atom is 0.407 e. The number of nitrogens with zero attached hydrogens (tertiary/aromatic N) is 3. The highest BCUT2D eigenvalue weighted by molar-refractivity contribution is 5.82. The molecule has 6 nitrogen and oxygen atoms in total. The van der Waals surface area contributed by atoms with E-state index in [0.717, 1.165) is 23.7 Å². The first-order valence-electron chi connectivity index (χ1n) is 7.57. The van der Waals surface area contributed by atoms with Crippen LogP contribution in [0.1, 0.15) is 18.4 Å². The minimum absolute atomic E-state index is 0.302. The molecular formula is C17H17N3O3. The molecule has 1 fully saturated rings. The smallest absolute Gasteiger partial charge is 0.407 e. The Morgan fingerprint density at radius 3 is 2.91 bits per heavy atom. The summed E-state index contributed by atoms with van der Waals surface area (Å²) in [5.41, 5.74) is 1.29. The van der Waals surface area contributed by atoms with Gasteiger partial charge in [0, 0.05) is 30.7 Å². The summed E-state index contributed by atoms with van der Waals surface area (Å²) in [6.45, 7) is 1.56. The molecule has 0 radical (unpaired) electrons. The minimum atomic E-state index is -0.864. The zero-order chi connectivity index (χ0) is 16.2. The Kier molecular flexibility index (Phi) is 4.29. The first-order valence-corrected chi connectivity index (χ1v) is 7.57. The van der Waals surface area contributed by atoms with E-state index in [-0.39, 0.29) is 0 Å². The Balaban J connectivity index is 1.68. The van der Waals surface area contributed by atoms with Crippen molar-refractivity contribution in [1.82, 2.24) is 9.88 Å². The van der Waals surface area contributed by atoms with Crippen molar-refractivity contribution in [2.45, 2.75) is 12.8 Å². The van der Waals surface area contributed by atoms with Crippen LogP contribution in [0.3, 0.4) is 0 Å². The van der Waals surface area contributed by atoms with Crippen LogP contribution < -0.4 is 4.74 Å². The number of nitriles is 1. The fraction of sp³-hybridized carbons (Fsp3) is 0.353. The first-order chi connectivity index (χ1) is 11.2. The average Bonchev–Trinajstić information content (AvgIpc) is 2.59. The van der Waals surface area contributed by atoms with Gasteiger partial charge >= 0.3 is 6.09 Å². The molecule has 1 amide bonds. The van der Waals surface area contributed by atoms with Crippen LogP contribution in [0, 0.1) is 17.2 Å². The summed E-state index contributed by atoms with van der Waals surface area (Å²) in [7, 11) is 0. The molecule has 1 aliphatic heterocycles. The molecule has 1 N–H and O–H groups in total. The predicted molar refractivity (Wildman–Crippen MR) is 84.3 cm³/mol. The molecule has 1 aromatic heterocycles. The second-order valence-electron chi connectivity index (χ2n) is 5.68. The predicted octanol–water partition coefficient (Wildman–Crippen LogP) is 2.88. The van der Waals surface area contributed by atoms with Gasteiger partial charge in [0.2, 0.25) is 0 Å². The van der Waals surface area contributed by atoms with Crippen molar-refractivity contribution < 1.29 is 14.6 Å². The third-order valence-electron chi connectivity index (χ3n) is 4.18. The summed E-state index contributed by atoms with van der Waals surface area (Å²) in [5.74, 6) is 0.843. The largest absolute Gasteiger partial charge is 0.492 e. The highest BCUT2D eigenvalue weighted by atomic mass is 16.5. The average molecular weight is 311 g/mol. The molecule has 0 unspecified atom stereocenters. The second kappa shape index (κ2) is 6.53. The summed E-state index contributed by atoms with van der Waals surface area (Å²) in [4.78, 5) is 16.6. The molecule has 2 aromatic rings. The van der Waals surface area contributed by atoms with Gasteiger partial charge in [0.1, 0.15) is 11.8 Å². The molecule has 0 bridgehead atoms. The van der Waals surface area contributed by atoms with Gasteiger partial charge in [-0.25, -0.2) is 4.79 Å². The molecule has 6 heteroatoms. The number of likely N-dealkylation sites (tertiary alicyclic amines) is 1. The summed E-state index contributed by atoms with van der Waals surface area (Å²) >= 11 is 0. The van der Waals surface area contributed by atoms with E-state index < -0.39 is 6.09 Å².